The summed E-state index contributed by atoms with van der Waals surface area (Å²) in [5.41, 5.74) is 2.07. The first-order valence-electron chi connectivity index (χ1n) is 8.29. The van der Waals surface area contributed by atoms with Crippen LogP contribution in [0.4, 0.5) is 0 Å². The Bertz CT molecular complexity index is 691. The number of hydrogen-bond acceptors (Lipinski definition) is 4. The van der Waals surface area contributed by atoms with Gasteiger partial charge in [0.05, 0.1) is 0 Å². The summed E-state index contributed by atoms with van der Waals surface area (Å²) < 4.78 is 5.47. The van der Waals surface area contributed by atoms with E-state index >= 15 is 0 Å². The first-order chi connectivity index (χ1) is 11.1. The van der Waals surface area contributed by atoms with Crippen molar-refractivity contribution >= 4 is 5.91 Å². The Kier molecular flexibility index (Phi) is 4.46. The molecule has 1 aliphatic carbocycles. The Morgan fingerprint density at radius 1 is 1.43 bits per heavy atom. The summed E-state index contributed by atoms with van der Waals surface area (Å²) in [4.78, 5) is 16.7. The molecule has 0 unspecified atom stereocenters. The molecule has 122 valence electrons. The molecule has 1 heterocycles. The topological polar surface area (TPSA) is 68.0 Å². The van der Waals surface area contributed by atoms with Crippen LogP contribution in [0.25, 0.3) is 11.4 Å². The molecule has 23 heavy (non-hydrogen) atoms. The third kappa shape index (κ3) is 3.60. The zero-order valence-electron chi connectivity index (χ0n) is 13.9. The second-order valence-electron chi connectivity index (χ2n) is 6.47. The average molecular weight is 313 g/mol. The Morgan fingerprint density at radius 2 is 2.22 bits per heavy atom. The number of benzene rings is 1. The highest BCUT2D eigenvalue weighted by molar-refractivity contribution is 5.81. The Hall–Kier alpha value is -2.17. The highest BCUT2D eigenvalue weighted by atomic mass is 16.5. The van der Waals surface area contributed by atoms with Crippen LogP contribution in [0.1, 0.15) is 50.6 Å². The van der Waals surface area contributed by atoms with Gasteiger partial charge >= 0.3 is 0 Å². The number of carbonyl (C=O) groups excluding carboxylic acids is 1. The molecule has 0 bridgehead atoms. The molecule has 1 amide bonds. The van der Waals surface area contributed by atoms with Gasteiger partial charge in [-0.25, -0.2) is 0 Å². The van der Waals surface area contributed by atoms with Crippen molar-refractivity contribution in [3.8, 4) is 11.4 Å². The highest BCUT2D eigenvalue weighted by Crippen LogP contribution is 2.32. The van der Waals surface area contributed by atoms with Gasteiger partial charge in [0.2, 0.25) is 17.6 Å². The van der Waals surface area contributed by atoms with E-state index in [0.717, 1.165) is 30.4 Å². The second kappa shape index (κ2) is 6.52. The molecule has 3 rings (SSSR count). The molecule has 1 fully saturated rings. The normalized spacial score (nSPS) is 16.8. The van der Waals surface area contributed by atoms with Crippen LogP contribution in [0.3, 0.4) is 0 Å². The van der Waals surface area contributed by atoms with Crippen molar-refractivity contribution in [1.29, 1.82) is 0 Å². The van der Waals surface area contributed by atoms with Crippen molar-refractivity contribution < 1.29 is 9.32 Å². The standard InChI is InChI=1S/C18H23N3O2/c1-4-12(3)15(19-17(22)13-8-9-13)18-20-16(21-23-18)14-7-5-6-11(2)10-14/h5-7,10,12-13,15H,4,8-9H2,1-3H3,(H,19,22)/t12-,15-/m0/s1. The molecule has 5 nitrogen and oxygen atoms in total. The molecular weight excluding hydrogens is 290 g/mol. The molecule has 0 aliphatic heterocycles. The fourth-order valence-electron chi connectivity index (χ4n) is 2.56. The SMILES string of the molecule is CC[C@H](C)[C@H](NC(=O)C1CC1)c1nc(-c2cccc(C)c2)no1. The van der Waals surface area contributed by atoms with Crippen molar-refractivity contribution in [2.45, 2.75) is 46.1 Å². The van der Waals surface area contributed by atoms with Gasteiger partial charge in [0.1, 0.15) is 6.04 Å². The number of rotatable bonds is 6. The molecule has 2 atom stereocenters. The van der Waals surface area contributed by atoms with Crippen LogP contribution in [0.5, 0.6) is 0 Å². The number of aromatic nitrogens is 2. The second-order valence-corrected chi connectivity index (χ2v) is 6.47. The predicted molar refractivity (Wildman–Crippen MR) is 87.5 cm³/mol. The Balaban J connectivity index is 1.83. The van der Waals surface area contributed by atoms with E-state index in [-0.39, 0.29) is 23.8 Å². The molecule has 0 saturated heterocycles. The van der Waals surface area contributed by atoms with E-state index in [1.165, 1.54) is 0 Å². The fraction of sp³-hybridized carbons (Fsp3) is 0.500. The van der Waals surface area contributed by atoms with E-state index in [2.05, 4.69) is 29.3 Å². The fourth-order valence-corrected chi connectivity index (χ4v) is 2.56. The number of amides is 1. The number of aryl methyl sites for hydroxylation is 1. The van der Waals surface area contributed by atoms with Crippen LogP contribution < -0.4 is 5.32 Å². The lowest BCUT2D eigenvalue weighted by atomic mass is 9.98. The van der Waals surface area contributed by atoms with E-state index in [9.17, 15) is 4.79 Å². The van der Waals surface area contributed by atoms with Crippen LogP contribution in [0.2, 0.25) is 0 Å². The smallest absolute Gasteiger partial charge is 0.249 e. The first-order valence-corrected chi connectivity index (χ1v) is 8.29. The summed E-state index contributed by atoms with van der Waals surface area (Å²) in [6, 6.07) is 7.77. The van der Waals surface area contributed by atoms with E-state index in [0.29, 0.717) is 11.7 Å². The molecular formula is C18H23N3O2. The van der Waals surface area contributed by atoms with Gasteiger partial charge < -0.3 is 9.84 Å². The molecule has 0 spiro atoms. The zero-order chi connectivity index (χ0) is 16.4. The Morgan fingerprint density at radius 3 is 2.87 bits per heavy atom. The van der Waals surface area contributed by atoms with Gasteiger partial charge in [-0.15, -0.1) is 0 Å². The molecule has 1 saturated carbocycles. The van der Waals surface area contributed by atoms with E-state index in [1.807, 2.05) is 31.2 Å². The molecule has 1 N–H and O–H groups in total. The summed E-state index contributed by atoms with van der Waals surface area (Å²) in [5.74, 6) is 1.57. The van der Waals surface area contributed by atoms with Crippen LogP contribution >= 0.6 is 0 Å². The summed E-state index contributed by atoms with van der Waals surface area (Å²) in [6.07, 6.45) is 2.90. The van der Waals surface area contributed by atoms with Gasteiger partial charge in [-0.1, -0.05) is 49.2 Å². The van der Waals surface area contributed by atoms with Crippen LogP contribution in [-0.2, 0) is 4.79 Å². The molecule has 1 aliphatic rings. The van der Waals surface area contributed by atoms with Gasteiger partial charge in [-0.05, 0) is 31.7 Å². The quantitative estimate of drug-likeness (QED) is 0.883. The number of nitrogens with zero attached hydrogens (tertiary/aromatic N) is 2. The molecule has 5 heteroatoms. The average Bonchev–Trinajstić information content (AvgIpc) is 3.29. The lowest BCUT2D eigenvalue weighted by molar-refractivity contribution is -0.123. The number of carbonyl (C=O) groups is 1. The van der Waals surface area contributed by atoms with Crippen molar-refractivity contribution in [2.24, 2.45) is 11.8 Å². The molecule has 2 aromatic rings. The third-order valence-corrected chi connectivity index (χ3v) is 4.44. The van der Waals surface area contributed by atoms with Gasteiger partial charge in [0.25, 0.3) is 0 Å². The predicted octanol–water partition coefficient (Wildman–Crippen LogP) is 3.66. The number of hydrogen-bond donors (Lipinski definition) is 1. The molecule has 1 aromatic carbocycles. The maximum Gasteiger partial charge on any atom is 0.249 e. The Labute approximate surface area is 136 Å². The van der Waals surface area contributed by atoms with Crippen molar-refractivity contribution in [3.63, 3.8) is 0 Å². The van der Waals surface area contributed by atoms with Crippen molar-refractivity contribution in [3.05, 3.63) is 35.7 Å². The van der Waals surface area contributed by atoms with E-state index in [1.54, 1.807) is 0 Å². The lowest BCUT2D eigenvalue weighted by Crippen LogP contribution is -2.33. The maximum atomic E-state index is 12.1. The number of nitrogens with one attached hydrogen (secondary N) is 1. The van der Waals surface area contributed by atoms with Crippen LogP contribution in [0.15, 0.2) is 28.8 Å². The highest BCUT2D eigenvalue weighted by Gasteiger charge is 2.34. The maximum absolute atomic E-state index is 12.1. The minimum atomic E-state index is -0.223. The largest absolute Gasteiger partial charge is 0.344 e. The van der Waals surface area contributed by atoms with Crippen molar-refractivity contribution in [2.75, 3.05) is 0 Å². The summed E-state index contributed by atoms with van der Waals surface area (Å²) in [7, 11) is 0. The van der Waals surface area contributed by atoms with E-state index in [4.69, 9.17) is 4.52 Å². The molecule has 1 aromatic heterocycles. The monoisotopic (exact) mass is 313 g/mol. The van der Waals surface area contributed by atoms with Gasteiger partial charge in [-0.3, -0.25) is 4.79 Å². The van der Waals surface area contributed by atoms with Gasteiger partial charge in [0.15, 0.2) is 0 Å². The minimum Gasteiger partial charge on any atom is -0.344 e. The zero-order valence-corrected chi connectivity index (χ0v) is 13.9. The van der Waals surface area contributed by atoms with Crippen molar-refractivity contribution in [1.82, 2.24) is 15.5 Å². The van der Waals surface area contributed by atoms with Gasteiger partial charge in [0, 0.05) is 11.5 Å². The first kappa shape index (κ1) is 15.7. The van der Waals surface area contributed by atoms with Gasteiger partial charge in [-0.2, -0.15) is 4.98 Å². The summed E-state index contributed by atoms with van der Waals surface area (Å²) in [6.45, 7) is 6.22. The summed E-state index contributed by atoms with van der Waals surface area (Å²) in [5, 5.41) is 7.18. The lowest BCUT2D eigenvalue weighted by Gasteiger charge is -2.20. The van der Waals surface area contributed by atoms with E-state index < -0.39 is 0 Å². The van der Waals surface area contributed by atoms with Crippen LogP contribution in [-0.4, -0.2) is 16.0 Å². The minimum absolute atomic E-state index is 0.102. The summed E-state index contributed by atoms with van der Waals surface area (Å²) >= 11 is 0. The third-order valence-electron chi connectivity index (χ3n) is 4.44. The van der Waals surface area contributed by atoms with Crippen LogP contribution in [0, 0.1) is 18.8 Å². The molecule has 0 radical (unpaired) electrons.